The standard InChI is InChI=1S/C10H15N3O3S/c1-6(10(12)14)13-9-4-3-7(5-8(9)11)17(2,15)16/h3-6,13H,11H2,1-2H3,(H2,12,14). The number of sulfone groups is 1. The Morgan fingerprint density at radius 3 is 2.41 bits per heavy atom. The van der Waals surface area contributed by atoms with Crippen LogP contribution in [-0.4, -0.2) is 26.6 Å². The molecular weight excluding hydrogens is 242 g/mol. The van der Waals surface area contributed by atoms with Gasteiger partial charge in [0.05, 0.1) is 16.3 Å². The Bertz CT molecular complexity index is 540. The predicted molar refractivity (Wildman–Crippen MR) is 66.2 cm³/mol. The Morgan fingerprint density at radius 1 is 1.41 bits per heavy atom. The van der Waals surface area contributed by atoms with Gasteiger partial charge in [0.1, 0.15) is 6.04 Å². The zero-order valence-electron chi connectivity index (χ0n) is 9.60. The van der Waals surface area contributed by atoms with Crippen LogP contribution >= 0.6 is 0 Å². The summed E-state index contributed by atoms with van der Waals surface area (Å²) in [6.07, 6.45) is 1.10. The molecule has 0 aliphatic rings. The van der Waals surface area contributed by atoms with Crippen LogP contribution in [0.5, 0.6) is 0 Å². The lowest BCUT2D eigenvalue weighted by Gasteiger charge is -2.14. The first kappa shape index (κ1) is 13.3. The maximum atomic E-state index is 11.3. The molecule has 17 heavy (non-hydrogen) atoms. The molecule has 0 saturated carbocycles. The van der Waals surface area contributed by atoms with E-state index in [0.717, 1.165) is 6.26 Å². The van der Waals surface area contributed by atoms with Crippen molar-refractivity contribution in [2.75, 3.05) is 17.3 Å². The third-order valence-electron chi connectivity index (χ3n) is 2.25. The van der Waals surface area contributed by atoms with Gasteiger partial charge >= 0.3 is 0 Å². The number of anilines is 2. The zero-order valence-corrected chi connectivity index (χ0v) is 10.4. The van der Waals surface area contributed by atoms with Crippen molar-refractivity contribution in [1.29, 1.82) is 0 Å². The summed E-state index contributed by atoms with van der Waals surface area (Å²) in [4.78, 5) is 11.0. The van der Waals surface area contributed by atoms with E-state index < -0.39 is 21.8 Å². The van der Waals surface area contributed by atoms with Gasteiger partial charge in [-0.1, -0.05) is 0 Å². The molecule has 1 atom stereocenters. The van der Waals surface area contributed by atoms with Crippen molar-refractivity contribution in [3.8, 4) is 0 Å². The molecule has 0 radical (unpaired) electrons. The summed E-state index contributed by atoms with van der Waals surface area (Å²) in [6.45, 7) is 1.59. The number of benzene rings is 1. The zero-order chi connectivity index (χ0) is 13.2. The lowest BCUT2D eigenvalue weighted by molar-refractivity contribution is -0.118. The Labute approximate surface area is 99.9 Å². The first-order valence-electron chi connectivity index (χ1n) is 4.87. The number of hydrogen-bond acceptors (Lipinski definition) is 5. The average molecular weight is 257 g/mol. The number of carbonyl (C=O) groups excluding carboxylic acids is 1. The summed E-state index contributed by atoms with van der Waals surface area (Å²) in [5, 5.41) is 2.79. The number of hydrogen-bond donors (Lipinski definition) is 3. The van der Waals surface area contributed by atoms with E-state index in [-0.39, 0.29) is 10.6 Å². The Kier molecular flexibility index (Phi) is 3.62. The molecule has 1 aromatic rings. The molecule has 1 rings (SSSR count). The van der Waals surface area contributed by atoms with Gasteiger partial charge in [-0.15, -0.1) is 0 Å². The molecule has 7 heteroatoms. The first-order valence-corrected chi connectivity index (χ1v) is 6.76. The minimum atomic E-state index is -3.29. The van der Waals surface area contributed by atoms with Crippen LogP contribution in [0.25, 0.3) is 0 Å². The molecule has 0 saturated heterocycles. The number of primary amides is 1. The topological polar surface area (TPSA) is 115 Å². The summed E-state index contributed by atoms with van der Waals surface area (Å²) in [7, 11) is -3.29. The van der Waals surface area contributed by atoms with Gasteiger partial charge < -0.3 is 16.8 Å². The van der Waals surface area contributed by atoms with E-state index in [1.807, 2.05) is 0 Å². The van der Waals surface area contributed by atoms with Gasteiger partial charge in [-0.3, -0.25) is 4.79 Å². The monoisotopic (exact) mass is 257 g/mol. The molecule has 5 N–H and O–H groups in total. The van der Waals surface area contributed by atoms with Crippen LogP contribution in [0, 0.1) is 0 Å². The largest absolute Gasteiger partial charge is 0.397 e. The molecular formula is C10H15N3O3S. The maximum Gasteiger partial charge on any atom is 0.239 e. The molecule has 0 spiro atoms. The third-order valence-corrected chi connectivity index (χ3v) is 3.36. The van der Waals surface area contributed by atoms with Gasteiger partial charge in [0.2, 0.25) is 5.91 Å². The van der Waals surface area contributed by atoms with Crippen LogP contribution in [0.1, 0.15) is 6.92 Å². The van der Waals surface area contributed by atoms with Crippen LogP contribution in [0.2, 0.25) is 0 Å². The molecule has 0 heterocycles. The van der Waals surface area contributed by atoms with E-state index in [1.54, 1.807) is 6.92 Å². The highest BCUT2D eigenvalue weighted by molar-refractivity contribution is 7.90. The van der Waals surface area contributed by atoms with Crippen molar-refractivity contribution in [1.82, 2.24) is 0 Å². The van der Waals surface area contributed by atoms with Gasteiger partial charge in [-0.25, -0.2) is 8.42 Å². The highest BCUT2D eigenvalue weighted by Crippen LogP contribution is 2.23. The molecule has 0 aromatic heterocycles. The van der Waals surface area contributed by atoms with Gasteiger partial charge in [-0.05, 0) is 25.1 Å². The fourth-order valence-electron chi connectivity index (χ4n) is 1.21. The summed E-state index contributed by atoms with van der Waals surface area (Å²) in [5.41, 5.74) is 11.5. The molecule has 0 bridgehead atoms. The number of nitrogens with one attached hydrogen (secondary N) is 1. The van der Waals surface area contributed by atoms with E-state index in [2.05, 4.69) is 5.32 Å². The van der Waals surface area contributed by atoms with Crippen LogP contribution in [0.15, 0.2) is 23.1 Å². The molecule has 6 nitrogen and oxygen atoms in total. The quantitative estimate of drug-likeness (QED) is 0.654. The van der Waals surface area contributed by atoms with Gasteiger partial charge in [0.25, 0.3) is 0 Å². The SMILES string of the molecule is CC(Nc1ccc(S(C)(=O)=O)cc1N)C(N)=O. The summed E-state index contributed by atoms with van der Waals surface area (Å²) >= 11 is 0. The molecule has 0 fully saturated rings. The molecule has 1 unspecified atom stereocenters. The number of nitrogens with two attached hydrogens (primary N) is 2. The van der Waals surface area contributed by atoms with E-state index in [0.29, 0.717) is 5.69 Å². The van der Waals surface area contributed by atoms with Crippen LogP contribution in [0.3, 0.4) is 0 Å². The van der Waals surface area contributed by atoms with Crippen molar-refractivity contribution in [3.05, 3.63) is 18.2 Å². The highest BCUT2D eigenvalue weighted by Gasteiger charge is 2.12. The summed E-state index contributed by atoms with van der Waals surface area (Å²) in [5.74, 6) is -0.517. The lowest BCUT2D eigenvalue weighted by atomic mass is 10.2. The minimum Gasteiger partial charge on any atom is -0.397 e. The summed E-state index contributed by atoms with van der Waals surface area (Å²) < 4.78 is 22.6. The van der Waals surface area contributed by atoms with Crippen molar-refractivity contribution < 1.29 is 13.2 Å². The van der Waals surface area contributed by atoms with E-state index >= 15 is 0 Å². The van der Waals surface area contributed by atoms with E-state index in [1.165, 1.54) is 18.2 Å². The first-order chi connectivity index (χ1) is 7.71. The number of nitrogen functional groups attached to an aromatic ring is 1. The molecule has 1 amide bonds. The maximum absolute atomic E-state index is 11.3. The molecule has 94 valence electrons. The second-order valence-corrected chi connectivity index (χ2v) is 5.81. The van der Waals surface area contributed by atoms with Gasteiger partial charge in [0.15, 0.2) is 9.84 Å². The number of carbonyl (C=O) groups is 1. The Balaban J connectivity index is 3.03. The number of rotatable bonds is 4. The fourth-order valence-corrected chi connectivity index (χ4v) is 1.86. The van der Waals surface area contributed by atoms with Crippen molar-refractivity contribution in [2.24, 2.45) is 5.73 Å². The molecule has 0 aliphatic carbocycles. The highest BCUT2D eigenvalue weighted by atomic mass is 32.2. The fraction of sp³-hybridized carbons (Fsp3) is 0.300. The van der Waals surface area contributed by atoms with Crippen molar-refractivity contribution in [3.63, 3.8) is 0 Å². The van der Waals surface area contributed by atoms with Gasteiger partial charge in [0, 0.05) is 6.26 Å². The number of amides is 1. The summed E-state index contributed by atoms with van der Waals surface area (Å²) in [6, 6.07) is 3.68. The van der Waals surface area contributed by atoms with Crippen LogP contribution in [-0.2, 0) is 14.6 Å². The second-order valence-electron chi connectivity index (χ2n) is 3.79. The van der Waals surface area contributed by atoms with Gasteiger partial charge in [-0.2, -0.15) is 0 Å². The van der Waals surface area contributed by atoms with Crippen molar-refractivity contribution in [2.45, 2.75) is 17.9 Å². The smallest absolute Gasteiger partial charge is 0.239 e. The molecule has 1 aromatic carbocycles. The molecule has 0 aliphatic heterocycles. The van der Waals surface area contributed by atoms with E-state index in [9.17, 15) is 13.2 Å². The Morgan fingerprint density at radius 2 is 2.00 bits per heavy atom. The predicted octanol–water partition coefficient (Wildman–Crippen LogP) is -0.0420. The van der Waals surface area contributed by atoms with E-state index in [4.69, 9.17) is 11.5 Å². The normalized spacial score (nSPS) is 13.1. The lowest BCUT2D eigenvalue weighted by Crippen LogP contribution is -2.32. The average Bonchev–Trinajstić information content (AvgIpc) is 2.19. The van der Waals surface area contributed by atoms with Crippen molar-refractivity contribution >= 4 is 27.1 Å². The Hall–Kier alpha value is -1.76. The van der Waals surface area contributed by atoms with Crippen LogP contribution in [0.4, 0.5) is 11.4 Å². The third kappa shape index (κ3) is 3.35. The second kappa shape index (κ2) is 4.62. The van der Waals surface area contributed by atoms with Crippen LogP contribution < -0.4 is 16.8 Å². The minimum absolute atomic E-state index is 0.132.